The Labute approximate surface area is 107 Å². The first-order valence-electron chi connectivity index (χ1n) is 6.21. The fourth-order valence-electron chi connectivity index (χ4n) is 2.26. The third-order valence-electron chi connectivity index (χ3n) is 3.22. The molecule has 1 atom stereocenters. The van der Waals surface area contributed by atoms with Gasteiger partial charge in [-0.2, -0.15) is 5.26 Å². The van der Waals surface area contributed by atoms with E-state index in [9.17, 15) is 4.79 Å². The highest BCUT2D eigenvalue weighted by Crippen LogP contribution is 2.22. The van der Waals surface area contributed by atoms with E-state index in [1.165, 1.54) is 0 Å². The topological polar surface area (TPSA) is 56.1 Å². The van der Waals surface area contributed by atoms with Gasteiger partial charge in [-0.25, -0.2) is 0 Å². The number of rotatable bonds is 2. The molecule has 0 bridgehead atoms. The minimum Gasteiger partial charge on any atom is -0.311 e. The molecule has 1 heterocycles. The number of carbonyl (C=O) groups is 1. The van der Waals surface area contributed by atoms with E-state index in [1.54, 1.807) is 4.90 Å². The van der Waals surface area contributed by atoms with E-state index >= 15 is 0 Å². The molecule has 94 valence electrons. The van der Waals surface area contributed by atoms with Crippen molar-refractivity contribution in [3.8, 4) is 6.07 Å². The van der Waals surface area contributed by atoms with Crippen molar-refractivity contribution in [2.45, 2.75) is 25.8 Å². The molecule has 1 aliphatic rings. The fourth-order valence-corrected chi connectivity index (χ4v) is 2.26. The van der Waals surface area contributed by atoms with Crippen LogP contribution in [0.3, 0.4) is 0 Å². The predicted molar refractivity (Wildman–Crippen MR) is 70.2 cm³/mol. The van der Waals surface area contributed by atoms with Gasteiger partial charge in [-0.05, 0) is 31.5 Å². The third-order valence-corrected chi connectivity index (χ3v) is 3.22. The number of benzene rings is 1. The van der Waals surface area contributed by atoms with Crippen LogP contribution >= 0.6 is 0 Å². The summed E-state index contributed by atoms with van der Waals surface area (Å²) >= 11 is 0. The molecule has 1 fully saturated rings. The van der Waals surface area contributed by atoms with Gasteiger partial charge in [-0.3, -0.25) is 4.79 Å². The van der Waals surface area contributed by atoms with Crippen LogP contribution in [0, 0.1) is 18.3 Å². The lowest BCUT2D eigenvalue weighted by atomic mass is 10.1. The number of anilines is 1. The van der Waals surface area contributed by atoms with Gasteiger partial charge in [0.05, 0.1) is 12.5 Å². The van der Waals surface area contributed by atoms with Crippen LogP contribution in [0.5, 0.6) is 0 Å². The summed E-state index contributed by atoms with van der Waals surface area (Å²) in [5, 5.41) is 11.9. The van der Waals surface area contributed by atoms with Gasteiger partial charge in [-0.15, -0.1) is 0 Å². The normalized spacial score (nSPS) is 20.3. The molecule has 0 saturated carbocycles. The van der Waals surface area contributed by atoms with Crippen LogP contribution in [0.25, 0.3) is 0 Å². The molecule has 4 nitrogen and oxygen atoms in total. The molecule has 0 radical (unpaired) electrons. The second-order valence-electron chi connectivity index (χ2n) is 4.50. The number of nitriles is 1. The molecule has 0 aromatic heterocycles. The van der Waals surface area contributed by atoms with E-state index in [-0.39, 0.29) is 18.4 Å². The van der Waals surface area contributed by atoms with Gasteiger partial charge in [0, 0.05) is 12.2 Å². The number of amides is 1. The number of aryl methyl sites for hydroxylation is 1. The second-order valence-corrected chi connectivity index (χ2v) is 4.50. The Morgan fingerprint density at radius 2 is 2.28 bits per heavy atom. The Morgan fingerprint density at radius 1 is 1.50 bits per heavy atom. The van der Waals surface area contributed by atoms with Gasteiger partial charge in [0.2, 0.25) is 5.91 Å². The van der Waals surface area contributed by atoms with Gasteiger partial charge in [-0.1, -0.05) is 18.2 Å². The molecular weight excluding hydrogens is 226 g/mol. The number of para-hydroxylation sites is 1. The Morgan fingerprint density at radius 3 is 3.00 bits per heavy atom. The Balaban J connectivity index is 2.29. The monoisotopic (exact) mass is 243 g/mol. The molecule has 1 aromatic carbocycles. The highest BCUT2D eigenvalue weighted by Gasteiger charge is 2.27. The molecule has 1 N–H and O–H groups in total. The summed E-state index contributed by atoms with van der Waals surface area (Å²) in [6, 6.07) is 9.56. The average Bonchev–Trinajstić information content (AvgIpc) is 2.54. The Kier molecular flexibility index (Phi) is 3.96. The standard InChI is InChI=1S/C14H17N3O/c1-11-5-2-3-6-13(11)17-10-4-9-16-12(7-8-15)14(17)18/h2-3,5-6,12,16H,4,7,9-10H2,1H3. The molecule has 1 amide bonds. The van der Waals surface area contributed by atoms with E-state index in [2.05, 4.69) is 11.4 Å². The minimum atomic E-state index is -0.378. The van der Waals surface area contributed by atoms with E-state index in [0.29, 0.717) is 6.54 Å². The zero-order valence-electron chi connectivity index (χ0n) is 10.5. The van der Waals surface area contributed by atoms with Crippen LogP contribution in [0.2, 0.25) is 0 Å². The molecule has 4 heteroatoms. The summed E-state index contributed by atoms with van der Waals surface area (Å²) in [5.41, 5.74) is 2.04. The summed E-state index contributed by atoms with van der Waals surface area (Å²) in [4.78, 5) is 14.2. The summed E-state index contributed by atoms with van der Waals surface area (Å²) in [6.45, 7) is 3.49. The van der Waals surface area contributed by atoms with Gasteiger partial charge in [0.1, 0.15) is 6.04 Å². The smallest absolute Gasteiger partial charge is 0.245 e. The van der Waals surface area contributed by atoms with Crippen molar-refractivity contribution in [2.24, 2.45) is 0 Å². The van der Waals surface area contributed by atoms with E-state index in [1.807, 2.05) is 31.2 Å². The summed E-state index contributed by atoms with van der Waals surface area (Å²) in [5.74, 6) is 0.00310. The van der Waals surface area contributed by atoms with Crippen LogP contribution in [-0.4, -0.2) is 25.0 Å². The maximum absolute atomic E-state index is 12.4. The van der Waals surface area contributed by atoms with Crippen LogP contribution in [0.1, 0.15) is 18.4 Å². The van der Waals surface area contributed by atoms with Crippen molar-refractivity contribution < 1.29 is 4.79 Å². The quantitative estimate of drug-likeness (QED) is 0.858. The molecule has 1 unspecified atom stereocenters. The molecule has 1 saturated heterocycles. The predicted octanol–water partition coefficient (Wildman–Crippen LogP) is 1.60. The lowest BCUT2D eigenvalue weighted by Gasteiger charge is -2.24. The minimum absolute atomic E-state index is 0.00310. The number of nitrogens with zero attached hydrogens (tertiary/aromatic N) is 2. The first kappa shape index (κ1) is 12.6. The van der Waals surface area contributed by atoms with Crippen molar-refractivity contribution in [1.29, 1.82) is 5.26 Å². The number of carbonyl (C=O) groups excluding carboxylic acids is 1. The summed E-state index contributed by atoms with van der Waals surface area (Å²) < 4.78 is 0. The van der Waals surface area contributed by atoms with Crippen LogP contribution in [-0.2, 0) is 4.79 Å². The highest BCUT2D eigenvalue weighted by molar-refractivity contribution is 5.98. The highest BCUT2D eigenvalue weighted by atomic mass is 16.2. The second kappa shape index (κ2) is 5.65. The zero-order valence-corrected chi connectivity index (χ0v) is 10.5. The maximum Gasteiger partial charge on any atom is 0.245 e. The largest absolute Gasteiger partial charge is 0.311 e. The van der Waals surface area contributed by atoms with Crippen molar-refractivity contribution >= 4 is 11.6 Å². The Hall–Kier alpha value is -1.86. The molecule has 0 spiro atoms. The summed E-state index contributed by atoms with van der Waals surface area (Å²) in [6.07, 6.45) is 1.13. The van der Waals surface area contributed by atoms with Crippen LogP contribution in [0.15, 0.2) is 24.3 Å². The lowest BCUT2D eigenvalue weighted by molar-refractivity contribution is -0.120. The maximum atomic E-state index is 12.4. The summed E-state index contributed by atoms with van der Waals surface area (Å²) in [7, 11) is 0. The van der Waals surface area contributed by atoms with E-state index in [4.69, 9.17) is 5.26 Å². The zero-order chi connectivity index (χ0) is 13.0. The van der Waals surface area contributed by atoms with Gasteiger partial charge in [0.25, 0.3) is 0 Å². The third kappa shape index (κ3) is 2.52. The SMILES string of the molecule is Cc1ccccc1N1CCCNC(CC#N)C1=O. The lowest BCUT2D eigenvalue weighted by Crippen LogP contribution is -2.43. The van der Waals surface area contributed by atoms with E-state index in [0.717, 1.165) is 24.2 Å². The average molecular weight is 243 g/mol. The molecule has 1 aromatic rings. The molecular formula is C14H17N3O. The molecule has 18 heavy (non-hydrogen) atoms. The van der Waals surface area contributed by atoms with Crippen molar-refractivity contribution in [1.82, 2.24) is 5.32 Å². The first-order valence-corrected chi connectivity index (χ1v) is 6.21. The van der Waals surface area contributed by atoms with Crippen LogP contribution in [0.4, 0.5) is 5.69 Å². The number of hydrogen-bond acceptors (Lipinski definition) is 3. The molecule has 1 aliphatic heterocycles. The van der Waals surface area contributed by atoms with Crippen molar-refractivity contribution in [2.75, 3.05) is 18.0 Å². The van der Waals surface area contributed by atoms with Gasteiger partial charge in [0.15, 0.2) is 0 Å². The van der Waals surface area contributed by atoms with E-state index < -0.39 is 0 Å². The fraction of sp³-hybridized carbons (Fsp3) is 0.429. The Bertz CT molecular complexity index is 478. The first-order chi connectivity index (χ1) is 8.74. The molecule has 2 rings (SSSR count). The van der Waals surface area contributed by atoms with Crippen molar-refractivity contribution in [3.63, 3.8) is 0 Å². The molecule has 0 aliphatic carbocycles. The van der Waals surface area contributed by atoms with Crippen LogP contribution < -0.4 is 10.2 Å². The van der Waals surface area contributed by atoms with Crippen molar-refractivity contribution in [3.05, 3.63) is 29.8 Å². The van der Waals surface area contributed by atoms with Gasteiger partial charge < -0.3 is 10.2 Å². The number of nitrogens with one attached hydrogen (secondary N) is 1. The van der Waals surface area contributed by atoms with Gasteiger partial charge >= 0.3 is 0 Å². The number of hydrogen-bond donors (Lipinski definition) is 1.